The number of anilines is 2. The lowest BCUT2D eigenvalue weighted by atomic mass is 10.2. The molecule has 5 nitrogen and oxygen atoms in total. The van der Waals surface area contributed by atoms with Crippen molar-refractivity contribution in [2.75, 3.05) is 42.9 Å². The third-order valence-electron chi connectivity index (χ3n) is 4.24. The molecule has 25 heavy (non-hydrogen) atoms. The number of pyridine rings is 1. The summed E-state index contributed by atoms with van der Waals surface area (Å²) in [5, 5.41) is 2.74. The van der Waals surface area contributed by atoms with Crippen LogP contribution >= 0.6 is 0 Å². The maximum Gasteiger partial charge on any atom is 0.221 e. The summed E-state index contributed by atoms with van der Waals surface area (Å²) in [7, 11) is 0. The summed E-state index contributed by atoms with van der Waals surface area (Å²) in [5.74, 6) is 0.889. The molecule has 2 heterocycles. The van der Waals surface area contributed by atoms with Gasteiger partial charge in [0.05, 0.1) is 11.9 Å². The van der Waals surface area contributed by atoms with Crippen LogP contribution in [-0.4, -0.2) is 48.5 Å². The minimum atomic E-state index is -0.0771. The van der Waals surface area contributed by atoms with Crippen LogP contribution in [0.4, 0.5) is 11.5 Å². The van der Waals surface area contributed by atoms with Crippen LogP contribution in [0.1, 0.15) is 12.5 Å². The second-order valence-electron chi connectivity index (χ2n) is 6.19. The Balaban J connectivity index is 1.47. The lowest BCUT2D eigenvalue weighted by molar-refractivity contribution is -0.114. The number of nitrogens with one attached hydrogen (secondary N) is 1. The lowest BCUT2D eigenvalue weighted by Crippen LogP contribution is -2.46. The zero-order valence-electron chi connectivity index (χ0n) is 14.6. The van der Waals surface area contributed by atoms with Gasteiger partial charge in [-0.2, -0.15) is 0 Å². The Hall–Kier alpha value is -2.66. The zero-order valence-corrected chi connectivity index (χ0v) is 14.6. The van der Waals surface area contributed by atoms with Crippen LogP contribution in [0.3, 0.4) is 0 Å². The van der Waals surface area contributed by atoms with E-state index in [1.807, 2.05) is 18.2 Å². The van der Waals surface area contributed by atoms with Crippen LogP contribution in [0.5, 0.6) is 0 Å². The molecule has 1 aromatic carbocycles. The molecule has 1 aromatic heterocycles. The predicted molar refractivity (Wildman–Crippen MR) is 103 cm³/mol. The van der Waals surface area contributed by atoms with Crippen molar-refractivity contribution in [1.82, 2.24) is 9.88 Å². The highest BCUT2D eigenvalue weighted by atomic mass is 16.1. The van der Waals surface area contributed by atoms with E-state index in [2.05, 4.69) is 56.5 Å². The van der Waals surface area contributed by atoms with E-state index in [4.69, 9.17) is 0 Å². The third-order valence-corrected chi connectivity index (χ3v) is 4.24. The second-order valence-corrected chi connectivity index (χ2v) is 6.19. The van der Waals surface area contributed by atoms with E-state index < -0.39 is 0 Å². The lowest BCUT2D eigenvalue weighted by Gasteiger charge is -2.34. The van der Waals surface area contributed by atoms with Crippen molar-refractivity contribution in [1.29, 1.82) is 0 Å². The van der Waals surface area contributed by atoms with Crippen molar-refractivity contribution in [2.24, 2.45) is 0 Å². The summed E-state index contributed by atoms with van der Waals surface area (Å²) in [6, 6.07) is 14.3. The van der Waals surface area contributed by atoms with E-state index in [0.717, 1.165) is 44.2 Å². The van der Waals surface area contributed by atoms with Crippen molar-refractivity contribution >= 4 is 23.5 Å². The van der Waals surface area contributed by atoms with Gasteiger partial charge in [-0.25, -0.2) is 4.98 Å². The topological polar surface area (TPSA) is 48.5 Å². The first-order valence-electron chi connectivity index (χ1n) is 8.63. The molecule has 0 atom stereocenters. The maximum atomic E-state index is 11.1. The molecule has 1 amide bonds. The van der Waals surface area contributed by atoms with Crippen molar-refractivity contribution in [3.05, 3.63) is 60.3 Å². The first kappa shape index (κ1) is 17.2. The molecule has 0 spiro atoms. The van der Waals surface area contributed by atoms with E-state index >= 15 is 0 Å². The molecule has 0 radical (unpaired) electrons. The Morgan fingerprint density at radius 1 is 1.12 bits per heavy atom. The summed E-state index contributed by atoms with van der Waals surface area (Å²) < 4.78 is 0. The van der Waals surface area contributed by atoms with Crippen molar-refractivity contribution < 1.29 is 4.79 Å². The Bertz CT molecular complexity index is 704. The van der Waals surface area contributed by atoms with Crippen LogP contribution in [0.2, 0.25) is 0 Å². The van der Waals surface area contributed by atoms with Crippen LogP contribution in [-0.2, 0) is 4.79 Å². The van der Waals surface area contributed by atoms with E-state index in [1.165, 1.54) is 12.5 Å². The summed E-state index contributed by atoms with van der Waals surface area (Å²) in [6.45, 7) is 6.44. The van der Waals surface area contributed by atoms with Gasteiger partial charge in [-0.05, 0) is 17.7 Å². The maximum absolute atomic E-state index is 11.1. The normalized spacial score (nSPS) is 15.5. The van der Waals surface area contributed by atoms with E-state index in [-0.39, 0.29) is 5.91 Å². The number of piperazine rings is 1. The van der Waals surface area contributed by atoms with Gasteiger partial charge < -0.3 is 10.2 Å². The first-order valence-corrected chi connectivity index (χ1v) is 8.63. The standard InChI is InChI=1S/C20H24N4O/c1-17(25)22-19-9-10-20(21-16-19)24-14-12-23(13-15-24)11-5-8-18-6-3-2-4-7-18/h2-10,16H,11-15H2,1H3,(H,22,25)/b8-5+. The number of hydrogen-bond acceptors (Lipinski definition) is 4. The minimum absolute atomic E-state index is 0.0771. The number of carbonyl (C=O) groups is 1. The van der Waals surface area contributed by atoms with Gasteiger partial charge in [-0.15, -0.1) is 0 Å². The fourth-order valence-electron chi connectivity index (χ4n) is 2.91. The minimum Gasteiger partial charge on any atom is -0.354 e. The quantitative estimate of drug-likeness (QED) is 0.912. The van der Waals surface area contributed by atoms with Crippen LogP contribution in [0.25, 0.3) is 6.08 Å². The fourth-order valence-corrected chi connectivity index (χ4v) is 2.91. The molecule has 0 saturated carbocycles. The molecular formula is C20H24N4O. The van der Waals surface area contributed by atoms with Crippen molar-refractivity contribution in [3.8, 4) is 0 Å². The van der Waals surface area contributed by atoms with Gasteiger partial charge >= 0.3 is 0 Å². The highest BCUT2D eigenvalue weighted by Crippen LogP contribution is 2.16. The van der Waals surface area contributed by atoms with Crippen molar-refractivity contribution in [3.63, 3.8) is 0 Å². The highest BCUT2D eigenvalue weighted by molar-refractivity contribution is 5.88. The molecule has 2 aromatic rings. The third kappa shape index (κ3) is 5.16. The van der Waals surface area contributed by atoms with Gasteiger partial charge in [0.25, 0.3) is 0 Å². The molecule has 0 bridgehead atoms. The first-order chi connectivity index (χ1) is 12.2. The summed E-state index contributed by atoms with van der Waals surface area (Å²) in [4.78, 5) is 20.2. The molecule has 1 fully saturated rings. The van der Waals surface area contributed by atoms with E-state index in [0.29, 0.717) is 0 Å². The average Bonchev–Trinajstić information content (AvgIpc) is 2.63. The number of aromatic nitrogens is 1. The Morgan fingerprint density at radius 3 is 2.52 bits per heavy atom. The van der Waals surface area contributed by atoms with Crippen LogP contribution < -0.4 is 10.2 Å². The van der Waals surface area contributed by atoms with Crippen LogP contribution in [0.15, 0.2) is 54.7 Å². The molecule has 1 N–H and O–H groups in total. The molecule has 1 aliphatic rings. The van der Waals surface area contributed by atoms with Gasteiger partial charge in [0.1, 0.15) is 5.82 Å². The average molecular weight is 336 g/mol. The number of amides is 1. The number of rotatable bonds is 5. The molecule has 5 heteroatoms. The summed E-state index contributed by atoms with van der Waals surface area (Å²) >= 11 is 0. The van der Waals surface area contributed by atoms with E-state index in [9.17, 15) is 4.79 Å². The zero-order chi connectivity index (χ0) is 17.5. The Labute approximate surface area is 149 Å². The largest absolute Gasteiger partial charge is 0.354 e. The highest BCUT2D eigenvalue weighted by Gasteiger charge is 2.16. The smallest absolute Gasteiger partial charge is 0.221 e. The summed E-state index contributed by atoms with van der Waals surface area (Å²) in [6.07, 6.45) is 6.12. The monoisotopic (exact) mass is 336 g/mol. The molecule has 0 unspecified atom stereocenters. The molecule has 130 valence electrons. The predicted octanol–water partition coefficient (Wildman–Crippen LogP) is 2.88. The Morgan fingerprint density at radius 2 is 1.88 bits per heavy atom. The van der Waals surface area contributed by atoms with Gasteiger partial charge in [0.2, 0.25) is 5.91 Å². The molecule has 0 aliphatic carbocycles. The number of benzene rings is 1. The molecule has 1 saturated heterocycles. The van der Waals surface area contributed by atoms with Gasteiger partial charge in [-0.3, -0.25) is 9.69 Å². The summed E-state index contributed by atoms with van der Waals surface area (Å²) in [5.41, 5.74) is 1.98. The fraction of sp³-hybridized carbons (Fsp3) is 0.300. The van der Waals surface area contributed by atoms with Gasteiger partial charge in [-0.1, -0.05) is 42.5 Å². The number of carbonyl (C=O) groups excluding carboxylic acids is 1. The van der Waals surface area contributed by atoms with Crippen molar-refractivity contribution in [2.45, 2.75) is 6.92 Å². The number of hydrogen-bond donors (Lipinski definition) is 1. The van der Waals surface area contributed by atoms with E-state index in [1.54, 1.807) is 6.20 Å². The van der Waals surface area contributed by atoms with Gasteiger partial charge in [0.15, 0.2) is 0 Å². The number of nitrogens with zero attached hydrogens (tertiary/aromatic N) is 3. The molecular weight excluding hydrogens is 312 g/mol. The van der Waals surface area contributed by atoms with Crippen LogP contribution in [0, 0.1) is 0 Å². The second kappa shape index (κ2) is 8.44. The van der Waals surface area contributed by atoms with Gasteiger partial charge in [0, 0.05) is 39.6 Å². The molecule has 1 aliphatic heterocycles. The molecule has 3 rings (SSSR count). The Kier molecular flexibility index (Phi) is 5.80. The SMILES string of the molecule is CC(=O)Nc1ccc(N2CCN(C/C=C/c3ccccc3)CC2)nc1.